The summed E-state index contributed by atoms with van der Waals surface area (Å²) in [6.07, 6.45) is 7.31. The van der Waals surface area contributed by atoms with Crippen LogP contribution in [-0.2, 0) is 4.79 Å². The lowest BCUT2D eigenvalue weighted by Gasteiger charge is -2.55. The smallest absolute Gasteiger partial charge is 0.244 e. The summed E-state index contributed by atoms with van der Waals surface area (Å²) in [5, 5.41) is 3.27. The van der Waals surface area contributed by atoms with E-state index < -0.39 is 0 Å². The van der Waals surface area contributed by atoms with Gasteiger partial charge < -0.3 is 5.32 Å². The number of carbonyl (C=O) groups is 1. The first-order valence-corrected chi connectivity index (χ1v) is 7.30. The van der Waals surface area contributed by atoms with Crippen LogP contribution in [0, 0.1) is 23.2 Å². The van der Waals surface area contributed by atoms with E-state index in [2.05, 4.69) is 16.2 Å². The van der Waals surface area contributed by atoms with E-state index in [-0.39, 0.29) is 11.3 Å². The van der Waals surface area contributed by atoms with Crippen LogP contribution in [0.1, 0.15) is 38.5 Å². The second-order valence-electron chi connectivity index (χ2n) is 6.36. The van der Waals surface area contributed by atoms with Crippen LogP contribution < -0.4 is 16.2 Å². The van der Waals surface area contributed by atoms with Crippen molar-refractivity contribution in [1.82, 2.24) is 16.2 Å². The first-order chi connectivity index (χ1) is 8.61. The summed E-state index contributed by atoms with van der Waals surface area (Å²) in [4.78, 5) is 12.5. The molecule has 0 saturated heterocycles. The van der Waals surface area contributed by atoms with Gasteiger partial charge in [0.1, 0.15) is 0 Å². The fourth-order valence-corrected chi connectivity index (χ4v) is 4.75. The van der Waals surface area contributed by atoms with Crippen LogP contribution in [0.3, 0.4) is 0 Å². The Morgan fingerprint density at radius 2 is 1.56 bits per heavy atom. The fraction of sp³-hybridized carbons (Fsp3) is 0.846. The Hall–Kier alpha value is -0.840. The fourth-order valence-electron chi connectivity index (χ4n) is 4.70. The van der Waals surface area contributed by atoms with E-state index in [4.69, 9.17) is 12.2 Å². The molecule has 4 rings (SSSR count). The molecule has 0 radical (unpaired) electrons. The predicted molar refractivity (Wildman–Crippen MR) is 73.5 cm³/mol. The Morgan fingerprint density at radius 3 is 2.00 bits per heavy atom. The Bertz CT molecular complexity index is 347. The van der Waals surface area contributed by atoms with Gasteiger partial charge in [-0.1, -0.05) is 0 Å². The van der Waals surface area contributed by atoms with Gasteiger partial charge in [0.25, 0.3) is 0 Å². The molecule has 4 aliphatic rings. The van der Waals surface area contributed by atoms with E-state index in [1.54, 1.807) is 7.05 Å². The molecule has 3 N–H and O–H groups in total. The highest BCUT2D eigenvalue weighted by molar-refractivity contribution is 7.80. The molecule has 4 bridgehead atoms. The lowest BCUT2D eigenvalue weighted by Crippen LogP contribution is -2.57. The Morgan fingerprint density at radius 1 is 1.06 bits per heavy atom. The van der Waals surface area contributed by atoms with Crippen molar-refractivity contribution in [3.8, 4) is 0 Å². The van der Waals surface area contributed by atoms with Gasteiger partial charge in [0.2, 0.25) is 5.91 Å². The van der Waals surface area contributed by atoms with Crippen LogP contribution >= 0.6 is 12.2 Å². The van der Waals surface area contributed by atoms with E-state index in [1.165, 1.54) is 19.3 Å². The number of nitrogens with one attached hydrogen (secondary N) is 3. The van der Waals surface area contributed by atoms with Gasteiger partial charge in [0.15, 0.2) is 5.11 Å². The second kappa shape index (κ2) is 4.37. The third-order valence-corrected chi connectivity index (χ3v) is 5.34. The van der Waals surface area contributed by atoms with Crippen molar-refractivity contribution in [3.63, 3.8) is 0 Å². The first kappa shape index (κ1) is 12.2. The molecule has 4 nitrogen and oxygen atoms in total. The highest BCUT2D eigenvalue weighted by atomic mass is 32.1. The molecule has 0 aromatic rings. The summed E-state index contributed by atoms with van der Waals surface area (Å²) in [5.74, 6) is 2.52. The highest BCUT2D eigenvalue weighted by Gasteiger charge is 2.54. The molecule has 18 heavy (non-hydrogen) atoms. The van der Waals surface area contributed by atoms with E-state index >= 15 is 0 Å². The quantitative estimate of drug-likeness (QED) is 0.495. The van der Waals surface area contributed by atoms with E-state index in [1.807, 2.05) is 0 Å². The van der Waals surface area contributed by atoms with Crippen LogP contribution in [0.25, 0.3) is 0 Å². The third kappa shape index (κ3) is 1.98. The Labute approximate surface area is 113 Å². The molecule has 4 saturated carbocycles. The zero-order valence-corrected chi connectivity index (χ0v) is 11.6. The summed E-state index contributed by atoms with van der Waals surface area (Å²) in [5.41, 5.74) is 5.47. The largest absolute Gasteiger partial charge is 0.364 e. The molecule has 0 aliphatic heterocycles. The summed E-state index contributed by atoms with van der Waals surface area (Å²) in [6.45, 7) is 0. The standard InChI is InChI=1S/C13H21N3OS/c1-14-12(18)16-15-11(17)13-5-8-2-9(6-13)4-10(3-8)7-13/h8-10H,2-7H2,1H3,(H,15,17)(H2,14,16,18). The van der Waals surface area contributed by atoms with Gasteiger partial charge in [0.05, 0.1) is 5.41 Å². The van der Waals surface area contributed by atoms with Crippen LogP contribution in [0.15, 0.2) is 0 Å². The van der Waals surface area contributed by atoms with E-state index in [9.17, 15) is 4.79 Å². The van der Waals surface area contributed by atoms with Gasteiger partial charge in [0, 0.05) is 7.05 Å². The van der Waals surface area contributed by atoms with E-state index in [0.717, 1.165) is 37.0 Å². The maximum atomic E-state index is 12.5. The van der Waals surface area contributed by atoms with Crippen molar-refractivity contribution in [3.05, 3.63) is 0 Å². The number of rotatable bonds is 1. The Kier molecular flexibility index (Phi) is 2.96. The molecule has 0 aromatic carbocycles. The van der Waals surface area contributed by atoms with Crippen molar-refractivity contribution < 1.29 is 4.79 Å². The van der Waals surface area contributed by atoms with Gasteiger partial charge >= 0.3 is 0 Å². The molecule has 4 fully saturated rings. The van der Waals surface area contributed by atoms with Crippen LogP contribution in [0.4, 0.5) is 0 Å². The molecule has 5 heteroatoms. The molecular weight excluding hydrogens is 246 g/mol. The number of amides is 1. The van der Waals surface area contributed by atoms with Crippen LogP contribution in [-0.4, -0.2) is 18.1 Å². The molecule has 4 aliphatic carbocycles. The van der Waals surface area contributed by atoms with Gasteiger partial charge in [-0.2, -0.15) is 0 Å². The first-order valence-electron chi connectivity index (χ1n) is 6.89. The Balaban J connectivity index is 1.67. The van der Waals surface area contributed by atoms with Crippen LogP contribution in [0.5, 0.6) is 0 Å². The SMILES string of the molecule is CNC(=S)NNC(=O)C12CC3CC(CC(C3)C1)C2. The molecule has 0 atom stereocenters. The molecule has 100 valence electrons. The molecule has 0 spiro atoms. The lowest BCUT2D eigenvalue weighted by molar-refractivity contribution is -0.146. The highest BCUT2D eigenvalue weighted by Crippen LogP contribution is 2.59. The number of hydrogen-bond donors (Lipinski definition) is 3. The molecular formula is C13H21N3OS. The zero-order valence-electron chi connectivity index (χ0n) is 10.8. The van der Waals surface area contributed by atoms with Gasteiger partial charge in [-0.3, -0.25) is 15.6 Å². The molecule has 1 amide bonds. The third-order valence-electron chi connectivity index (χ3n) is 5.04. The molecule has 0 heterocycles. The van der Waals surface area contributed by atoms with Crippen molar-refractivity contribution in [2.45, 2.75) is 38.5 Å². The maximum absolute atomic E-state index is 12.5. The number of thiocarbonyl (C=S) groups is 1. The molecule has 0 unspecified atom stereocenters. The predicted octanol–water partition coefficient (Wildman–Crippen LogP) is 1.33. The maximum Gasteiger partial charge on any atom is 0.244 e. The zero-order chi connectivity index (χ0) is 12.8. The van der Waals surface area contributed by atoms with Gasteiger partial charge in [-0.15, -0.1) is 0 Å². The van der Waals surface area contributed by atoms with E-state index in [0.29, 0.717) is 5.11 Å². The van der Waals surface area contributed by atoms with Gasteiger partial charge in [-0.05, 0) is 68.5 Å². The number of carbonyl (C=O) groups excluding carboxylic acids is 1. The van der Waals surface area contributed by atoms with Crippen molar-refractivity contribution in [2.24, 2.45) is 23.2 Å². The minimum atomic E-state index is -0.106. The lowest BCUT2D eigenvalue weighted by atomic mass is 9.49. The number of hydrazine groups is 1. The summed E-state index contributed by atoms with van der Waals surface area (Å²) >= 11 is 4.98. The monoisotopic (exact) mass is 267 g/mol. The van der Waals surface area contributed by atoms with Crippen molar-refractivity contribution in [2.75, 3.05) is 7.05 Å². The minimum absolute atomic E-state index is 0.106. The average molecular weight is 267 g/mol. The van der Waals surface area contributed by atoms with Gasteiger partial charge in [-0.25, -0.2) is 0 Å². The summed E-state index contributed by atoms with van der Waals surface area (Å²) in [6, 6.07) is 0. The minimum Gasteiger partial charge on any atom is -0.364 e. The van der Waals surface area contributed by atoms with Crippen LogP contribution in [0.2, 0.25) is 0 Å². The number of hydrogen-bond acceptors (Lipinski definition) is 2. The van der Waals surface area contributed by atoms with Crippen molar-refractivity contribution in [1.29, 1.82) is 0 Å². The second-order valence-corrected chi connectivity index (χ2v) is 6.76. The van der Waals surface area contributed by atoms with Crippen molar-refractivity contribution >= 4 is 23.2 Å². The summed E-state index contributed by atoms with van der Waals surface area (Å²) < 4.78 is 0. The summed E-state index contributed by atoms with van der Waals surface area (Å²) in [7, 11) is 1.74. The normalized spacial score (nSPS) is 40.4. The average Bonchev–Trinajstić information content (AvgIpc) is 2.33. The molecule has 0 aromatic heterocycles. The topological polar surface area (TPSA) is 53.2 Å².